The molecule has 0 bridgehead atoms. The third-order valence-electron chi connectivity index (χ3n) is 9.35. The van der Waals surface area contributed by atoms with Crippen LogP contribution < -0.4 is 24.3 Å². The van der Waals surface area contributed by atoms with Crippen molar-refractivity contribution < 1.29 is 24.1 Å². The molecule has 0 aliphatic rings. The molecule has 2 radical (unpaired) electrons. The minimum Gasteiger partial charge on any atom is -0.505 e. The second-order valence-electron chi connectivity index (χ2n) is 13.2. The largest absolute Gasteiger partial charge is 0.505 e. The molecule has 7 aromatic rings. The third-order valence-corrected chi connectivity index (χ3v) is 9.35. The number of nitrogens with zero attached hydrogens (tertiary/aromatic N) is 6. The summed E-state index contributed by atoms with van der Waals surface area (Å²) in [6, 6.07) is 35.8. The Hall–Kier alpha value is -7.34. The van der Waals surface area contributed by atoms with E-state index >= 15 is 0 Å². The molecule has 12 nitrogen and oxygen atoms in total. The molecule has 58 heavy (non-hydrogen) atoms. The highest BCUT2D eigenvalue weighted by molar-refractivity contribution is 5.95. The first kappa shape index (κ1) is 38.9. The summed E-state index contributed by atoms with van der Waals surface area (Å²) in [4.78, 5) is 0. The van der Waals surface area contributed by atoms with Crippen molar-refractivity contribution in [2.24, 2.45) is 30.7 Å². The van der Waals surface area contributed by atoms with Crippen molar-refractivity contribution in [3.8, 4) is 28.7 Å². The van der Waals surface area contributed by atoms with Crippen LogP contribution in [0.1, 0.15) is 17.5 Å². The molecule has 0 heterocycles. The molecule has 12 heteroatoms. The maximum absolute atomic E-state index is 11.1. The van der Waals surface area contributed by atoms with Crippen molar-refractivity contribution in [3.63, 3.8) is 0 Å². The lowest BCUT2D eigenvalue weighted by molar-refractivity contribution is 0.328. The summed E-state index contributed by atoms with van der Waals surface area (Å²) in [5.74, 6) is 2.46. The van der Waals surface area contributed by atoms with Gasteiger partial charge in [-0.15, -0.1) is 15.3 Å². The molecule has 0 spiro atoms. The number of phenolic OH excluding ortho intramolecular Hbond substituents is 1. The Kier molecular flexibility index (Phi) is 11.8. The zero-order chi connectivity index (χ0) is 40.6. The highest BCUT2D eigenvalue weighted by Crippen LogP contribution is 2.42. The molecule has 7 rings (SSSR count). The molecule has 0 aliphatic carbocycles. The Morgan fingerprint density at radius 3 is 1.81 bits per heavy atom. The Balaban J connectivity index is 1.07. The lowest BCUT2D eigenvalue weighted by Gasteiger charge is -2.10. The van der Waals surface area contributed by atoms with Crippen LogP contribution >= 0.6 is 0 Å². The van der Waals surface area contributed by atoms with Gasteiger partial charge in [-0.25, -0.2) is 0 Å². The van der Waals surface area contributed by atoms with Gasteiger partial charge in [-0.05, 0) is 128 Å². The molecule has 0 amide bonds. The van der Waals surface area contributed by atoms with Crippen LogP contribution in [-0.4, -0.2) is 33.0 Å². The highest BCUT2D eigenvalue weighted by atomic mass is 16.5. The smallest absolute Gasteiger partial charge is 0.150 e. The Bertz CT molecular complexity index is 2690. The number of nitrogens with one attached hydrogen (secondary N) is 1. The molecule has 0 saturated carbocycles. The van der Waals surface area contributed by atoms with Gasteiger partial charge in [-0.1, -0.05) is 24.3 Å². The molecule has 2 N–H and O–H groups in total. The summed E-state index contributed by atoms with van der Waals surface area (Å²) in [6.07, 6.45) is 0.424. The number of azo groups is 3. The molecule has 0 saturated heterocycles. The Morgan fingerprint density at radius 1 is 0.534 bits per heavy atom. The second-order valence-corrected chi connectivity index (χ2v) is 13.2. The maximum Gasteiger partial charge on any atom is 0.150 e. The van der Waals surface area contributed by atoms with E-state index in [9.17, 15) is 5.11 Å². The fraction of sp³-hybridized carbons (Fsp3) is 0.152. The molecular formula is C46H41N7O5. The second kappa shape index (κ2) is 17.6. The number of fused-ring (bicyclic) bond motifs is 2. The molecule has 0 atom stereocenters. The van der Waals surface area contributed by atoms with Crippen LogP contribution in [0.3, 0.4) is 0 Å². The number of rotatable bonds is 14. The van der Waals surface area contributed by atoms with Gasteiger partial charge in [-0.3, -0.25) is 0 Å². The fourth-order valence-electron chi connectivity index (χ4n) is 6.24. The number of aryl methyl sites for hydroxylation is 2. The van der Waals surface area contributed by atoms with Gasteiger partial charge in [0.15, 0.2) is 5.75 Å². The minimum absolute atomic E-state index is 0.0199. The van der Waals surface area contributed by atoms with Gasteiger partial charge in [0.05, 0.1) is 45.0 Å². The van der Waals surface area contributed by atoms with Crippen LogP contribution in [0.5, 0.6) is 28.7 Å². The van der Waals surface area contributed by atoms with E-state index in [1.807, 2.05) is 105 Å². The van der Waals surface area contributed by atoms with Crippen molar-refractivity contribution in [1.29, 1.82) is 0 Å². The van der Waals surface area contributed by atoms with Crippen LogP contribution in [0.25, 0.3) is 21.5 Å². The van der Waals surface area contributed by atoms with Crippen molar-refractivity contribution in [1.82, 2.24) is 0 Å². The predicted octanol–water partition coefficient (Wildman–Crippen LogP) is 13.8. The molecule has 7 aromatic carbocycles. The van der Waals surface area contributed by atoms with Crippen LogP contribution in [0.15, 0.2) is 146 Å². The van der Waals surface area contributed by atoms with Crippen LogP contribution in [0.4, 0.5) is 45.5 Å². The van der Waals surface area contributed by atoms with E-state index in [0.717, 1.165) is 50.2 Å². The summed E-state index contributed by atoms with van der Waals surface area (Å²) in [5.41, 5.74) is 6.57. The highest BCUT2D eigenvalue weighted by Gasteiger charge is 2.13. The number of benzene rings is 7. The van der Waals surface area contributed by atoms with E-state index in [1.165, 1.54) is 0 Å². The number of hydrogen-bond acceptors (Lipinski definition) is 12. The summed E-state index contributed by atoms with van der Waals surface area (Å²) in [7, 11) is 4.74. The van der Waals surface area contributed by atoms with Gasteiger partial charge < -0.3 is 29.4 Å². The van der Waals surface area contributed by atoms with Crippen molar-refractivity contribution in [2.45, 2.75) is 20.3 Å². The SMILES string of the molecule is [CH]CCOc1cccc2ccc(N=Nc3cc(OC)c(N=Nc4cc(OC)c(N=Nc5ccc6cc(Nc7ccc(OC)cc7)ccc6c5O)cc4C)cc3C)cc12. The summed E-state index contributed by atoms with van der Waals surface area (Å²) >= 11 is 0. The van der Waals surface area contributed by atoms with E-state index in [-0.39, 0.29) is 5.75 Å². The monoisotopic (exact) mass is 771 g/mol. The van der Waals surface area contributed by atoms with Gasteiger partial charge in [0.25, 0.3) is 0 Å². The number of methoxy groups -OCH3 is 3. The Labute approximate surface area is 336 Å². The first-order chi connectivity index (χ1) is 28.3. The van der Waals surface area contributed by atoms with Crippen molar-refractivity contribution in [3.05, 3.63) is 133 Å². The summed E-state index contributed by atoms with van der Waals surface area (Å²) < 4.78 is 22.4. The number of anilines is 2. The molecule has 0 unspecified atom stereocenters. The van der Waals surface area contributed by atoms with E-state index in [0.29, 0.717) is 64.0 Å². The van der Waals surface area contributed by atoms with Gasteiger partial charge in [-0.2, -0.15) is 15.3 Å². The number of aromatic hydroxyl groups is 1. The predicted molar refractivity (Wildman–Crippen MR) is 228 cm³/mol. The van der Waals surface area contributed by atoms with E-state index < -0.39 is 0 Å². The average molecular weight is 772 g/mol. The standard InChI is InChI=1S/C46H41N7O5/c1-7-21-58-43-10-8-9-30-11-13-34(25-37(30)43)48-50-39-26-44(56-5)42(22-28(39)2)53-51-40-27-45(57-6)41(23-29(40)3)52-49-38-20-12-31-24-33(16-19-36(31)46(38)54)47-32-14-17-35(55-4)18-15-32/h1,8-20,22-27,47,54H,7,21H2,2-6H3. The van der Waals surface area contributed by atoms with E-state index in [1.54, 1.807) is 45.6 Å². The van der Waals surface area contributed by atoms with Gasteiger partial charge in [0.2, 0.25) is 0 Å². The van der Waals surface area contributed by atoms with Crippen molar-refractivity contribution >= 4 is 67.0 Å². The van der Waals surface area contributed by atoms with E-state index in [4.69, 9.17) is 25.9 Å². The van der Waals surface area contributed by atoms with Crippen LogP contribution in [0.2, 0.25) is 0 Å². The van der Waals surface area contributed by atoms with Gasteiger partial charge >= 0.3 is 0 Å². The quantitative estimate of drug-likeness (QED) is 0.105. The molecule has 0 fully saturated rings. The number of phenols is 1. The molecule has 290 valence electrons. The number of hydrogen-bond donors (Lipinski definition) is 2. The third kappa shape index (κ3) is 8.71. The number of ether oxygens (including phenoxy) is 4. The van der Waals surface area contributed by atoms with Gasteiger partial charge in [0.1, 0.15) is 40.1 Å². The molecule has 0 aromatic heterocycles. The van der Waals surface area contributed by atoms with Crippen LogP contribution in [-0.2, 0) is 0 Å². The Morgan fingerprint density at radius 2 is 1.16 bits per heavy atom. The first-order valence-electron chi connectivity index (χ1n) is 18.4. The summed E-state index contributed by atoms with van der Waals surface area (Å²) in [6.45, 7) is 9.88. The zero-order valence-corrected chi connectivity index (χ0v) is 32.7. The van der Waals surface area contributed by atoms with Crippen molar-refractivity contribution in [2.75, 3.05) is 33.3 Å². The normalized spacial score (nSPS) is 11.6. The minimum atomic E-state index is 0.0199. The lowest BCUT2D eigenvalue weighted by Crippen LogP contribution is -1.95. The average Bonchev–Trinajstić information content (AvgIpc) is 3.24. The lowest BCUT2D eigenvalue weighted by atomic mass is 10.1. The fourth-order valence-corrected chi connectivity index (χ4v) is 6.24. The molecule has 0 aliphatic heterocycles. The van der Waals surface area contributed by atoms with Gasteiger partial charge in [0, 0.05) is 34.3 Å². The maximum atomic E-state index is 11.1. The summed E-state index contributed by atoms with van der Waals surface area (Å²) in [5, 5.41) is 44.8. The first-order valence-corrected chi connectivity index (χ1v) is 18.4. The van der Waals surface area contributed by atoms with E-state index in [2.05, 4.69) is 36.0 Å². The zero-order valence-electron chi connectivity index (χ0n) is 32.7. The van der Waals surface area contributed by atoms with Crippen LogP contribution in [0, 0.1) is 20.8 Å². The topological polar surface area (TPSA) is 143 Å². The molecular weight excluding hydrogens is 731 g/mol.